The summed E-state index contributed by atoms with van der Waals surface area (Å²) in [6.07, 6.45) is 1.93. The summed E-state index contributed by atoms with van der Waals surface area (Å²) < 4.78 is 0. The van der Waals surface area contributed by atoms with Gasteiger partial charge in [0.25, 0.3) is 5.56 Å². The summed E-state index contributed by atoms with van der Waals surface area (Å²) in [5.41, 5.74) is 1.84. The van der Waals surface area contributed by atoms with E-state index < -0.39 is 0 Å². The van der Waals surface area contributed by atoms with Crippen molar-refractivity contribution < 1.29 is 0 Å². The van der Waals surface area contributed by atoms with Crippen LogP contribution in [0.25, 0.3) is 0 Å². The Balaban J connectivity index is 2.14. The third-order valence-electron chi connectivity index (χ3n) is 3.07. The minimum atomic E-state index is 0.0521. The zero-order valence-electron chi connectivity index (χ0n) is 10.4. The highest BCUT2D eigenvalue weighted by Gasteiger charge is 2.15. The zero-order valence-corrected chi connectivity index (χ0v) is 11.2. The van der Waals surface area contributed by atoms with Crippen molar-refractivity contribution in [3.05, 3.63) is 27.4 Å². The first-order valence-corrected chi connectivity index (χ1v) is 7.18. The predicted octanol–water partition coefficient (Wildman–Crippen LogP) is 1.45. The Kier molecular flexibility index (Phi) is 4.23. The molecule has 0 bridgehead atoms. The molecule has 2 N–H and O–H groups in total. The van der Waals surface area contributed by atoms with Gasteiger partial charge in [-0.15, -0.1) is 0 Å². The largest absolute Gasteiger partial charge is 0.311 e. The van der Waals surface area contributed by atoms with Crippen LogP contribution in [-0.4, -0.2) is 21.8 Å². The van der Waals surface area contributed by atoms with Gasteiger partial charge in [-0.25, -0.2) is 4.98 Å². The monoisotopic (exact) mass is 253 g/mol. The van der Waals surface area contributed by atoms with Crippen molar-refractivity contribution in [1.29, 1.82) is 0 Å². The minimum Gasteiger partial charge on any atom is -0.311 e. The van der Waals surface area contributed by atoms with E-state index in [1.807, 2.05) is 11.8 Å². The van der Waals surface area contributed by atoms with E-state index in [0.717, 1.165) is 48.8 Å². The second-order valence-corrected chi connectivity index (χ2v) is 5.82. The maximum Gasteiger partial charge on any atom is 0.254 e. The Morgan fingerprint density at radius 1 is 1.53 bits per heavy atom. The molecule has 2 rings (SSSR count). The number of rotatable bonds is 4. The number of aromatic nitrogens is 2. The van der Waals surface area contributed by atoms with E-state index in [2.05, 4.69) is 29.1 Å². The van der Waals surface area contributed by atoms with Gasteiger partial charge >= 0.3 is 0 Å². The quantitative estimate of drug-likeness (QED) is 0.852. The molecule has 0 aliphatic carbocycles. The van der Waals surface area contributed by atoms with Gasteiger partial charge in [0, 0.05) is 17.4 Å². The van der Waals surface area contributed by atoms with Crippen LogP contribution in [0.15, 0.2) is 4.79 Å². The van der Waals surface area contributed by atoms with Crippen molar-refractivity contribution in [3.8, 4) is 0 Å². The second-order valence-electron chi connectivity index (χ2n) is 4.39. The lowest BCUT2D eigenvalue weighted by molar-refractivity contribution is 0.614. The summed E-state index contributed by atoms with van der Waals surface area (Å²) in [6, 6.07) is 0. The summed E-state index contributed by atoms with van der Waals surface area (Å²) in [5.74, 6) is 1.60. The molecule has 4 nitrogen and oxygen atoms in total. The Labute approximate surface area is 106 Å². The van der Waals surface area contributed by atoms with Gasteiger partial charge in [0.1, 0.15) is 5.82 Å². The molecule has 0 amide bonds. The third kappa shape index (κ3) is 3.10. The van der Waals surface area contributed by atoms with E-state index in [1.165, 1.54) is 0 Å². The molecule has 94 valence electrons. The highest BCUT2D eigenvalue weighted by Crippen LogP contribution is 2.18. The lowest BCUT2D eigenvalue weighted by Gasteiger charge is -2.16. The zero-order chi connectivity index (χ0) is 12.3. The van der Waals surface area contributed by atoms with Gasteiger partial charge in [-0.1, -0.05) is 13.8 Å². The van der Waals surface area contributed by atoms with Crippen molar-refractivity contribution in [2.24, 2.45) is 0 Å². The standard InChI is InChI=1S/C12H19N3OS/c1-3-8(2)17-7-11-14-10-6-13-5-4-9(10)12(16)15-11/h8,13H,3-7H2,1-2H3,(H,14,15,16). The molecule has 1 aliphatic rings. The van der Waals surface area contributed by atoms with Crippen LogP contribution in [0.3, 0.4) is 0 Å². The van der Waals surface area contributed by atoms with Crippen molar-refractivity contribution >= 4 is 11.8 Å². The first kappa shape index (κ1) is 12.6. The molecule has 1 aromatic heterocycles. The molecule has 2 heterocycles. The molecule has 0 fully saturated rings. The fourth-order valence-electron chi connectivity index (χ4n) is 1.83. The van der Waals surface area contributed by atoms with E-state index in [0.29, 0.717) is 5.25 Å². The highest BCUT2D eigenvalue weighted by molar-refractivity contribution is 7.99. The number of hydrogen-bond donors (Lipinski definition) is 2. The molecular weight excluding hydrogens is 234 g/mol. The van der Waals surface area contributed by atoms with E-state index in [1.54, 1.807) is 0 Å². The molecule has 0 saturated carbocycles. The number of nitrogens with one attached hydrogen (secondary N) is 2. The molecule has 0 spiro atoms. The fourth-order valence-corrected chi connectivity index (χ4v) is 2.64. The first-order valence-electron chi connectivity index (χ1n) is 6.14. The van der Waals surface area contributed by atoms with Crippen LogP contribution in [0.4, 0.5) is 0 Å². The van der Waals surface area contributed by atoms with E-state index in [4.69, 9.17) is 0 Å². The second kappa shape index (κ2) is 5.69. The molecule has 1 aliphatic heterocycles. The van der Waals surface area contributed by atoms with Gasteiger partial charge in [0.05, 0.1) is 11.4 Å². The summed E-state index contributed by atoms with van der Waals surface area (Å²) in [6.45, 7) is 5.96. The smallest absolute Gasteiger partial charge is 0.254 e. The van der Waals surface area contributed by atoms with Crippen molar-refractivity contribution in [2.45, 2.75) is 44.2 Å². The average molecular weight is 253 g/mol. The molecule has 0 radical (unpaired) electrons. The lowest BCUT2D eigenvalue weighted by atomic mass is 10.1. The number of thioether (sulfide) groups is 1. The molecule has 0 aromatic carbocycles. The van der Waals surface area contributed by atoms with Gasteiger partial charge < -0.3 is 10.3 Å². The number of hydrogen-bond acceptors (Lipinski definition) is 4. The lowest BCUT2D eigenvalue weighted by Crippen LogP contribution is -2.31. The number of H-pyrrole nitrogens is 1. The number of nitrogens with zero attached hydrogens (tertiary/aromatic N) is 1. The maximum absolute atomic E-state index is 11.9. The van der Waals surface area contributed by atoms with Crippen LogP contribution >= 0.6 is 11.8 Å². The van der Waals surface area contributed by atoms with Gasteiger partial charge in [-0.2, -0.15) is 11.8 Å². The van der Waals surface area contributed by atoms with Crippen LogP contribution in [0.2, 0.25) is 0 Å². The maximum atomic E-state index is 11.9. The van der Waals surface area contributed by atoms with Crippen LogP contribution in [0, 0.1) is 0 Å². The number of aromatic amines is 1. The normalized spacial score (nSPS) is 16.6. The van der Waals surface area contributed by atoms with Crippen molar-refractivity contribution in [3.63, 3.8) is 0 Å². The van der Waals surface area contributed by atoms with Gasteiger partial charge in [0.2, 0.25) is 0 Å². The molecule has 1 aromatic rings. The average Bonchev–Trinajstić information content (AvgIpc) is 2.36. The van der Waals surface area contributed by atoms with Crippen LogP contribution in [0.5, 0.6) is 0 Å². The Hall–Kier alpha value is -0.810. The van der Waals surface area contributed by atoms with E-state index >= 15 is 0 Å². The van der Waals surface area contributed by atoms with E-state index in [9.17, 15) is 4.79 Å². The SMILES string of the molecule is CCC(C)SCc1nc2c(c(=O)[nH]1)CCNC2. The first-order chi connectivity index (χ1) is 8.20. The third-order valence-corrected chi connectivity index (χ3v) is 4.42. The summed E-state index contributed by atoms with van der Waals surface area (Å²) in [4.78, 5) is 19.3. The number of fused-ring (bicyclic) bond motifs is 1. The molecule has 1 unspecified atom stereocenters. The fraction of sp³-hybridized carbons (Fsp3) is 0.667. The summed E-state index contributed by atoms with van der Waals surface area (Å²) >= 11 is 1.84. The molecule has 17 heavy (non-hydrogen) atoms. The molecular formula is C12H19N3OS. The van der Waals surface area contributed by atoms with Gasteiger partial charge in [-0.3, -0.25) is 4.79 Å². The molecule has 0 saturated heterocycles. The van der Waals surface area contributed by atoms with Crippen LogP contribution < -0.4 is 10.9 Å². The minimum absolute atomic E-state index is 0.0521. The van der Waals surface area contributed by atoms with Crippen molar-refractivity contribution in [2.75, 3.05) is 6.54 Å². The highest BCUT2D eigenvalue weighted by atomic mass is 32.2. The van der Waals surface area contributed by atoms with E-state index in [-0.39, 0.29) is 5.56 Å². The Bertz CT molecular complexity index is 444. The topological polar surface area (TPSA) is 57.8 Å². The molecule has 1 atom stereocenters. The Morgan fingerprint density at radius 2 is 2.35 bits per heavy atom. The van der Waals surface area contributed by atoms with Crippen molar-refractivity contribution in [1.82, 2.24) is 15.3 Å². The van der Waals surface area contributed by atoms with Gasteiger partial charge in [-0.05, 0) is 19.4 Å². The van der Waals surface area contributed by atoms with Crippen LogP contribution in [0.1, 0.15) is 37.4 Å². The summed E-state index contributed by atoms with van der Waals surface area (Å²) in [5, 5.41) is 3.86. The Morgan fingerprint density at radius 3 is 3.12 bits per heavy atom. The predicted molar refractivity (Wildman–Crippen MR) is 71.3 cm³/mol. The van der Waals surface area contributed by atoms with Gasteiger partial charge in [0.15, 0.2) is 0 Å². The summed E-state index contributed by atoms with van der Waals surface area (Å²) in [7, 11) is 0. The van der Waals surface area contributed by atoms with Crippen LogP contribution in [-0.2, 0) is 18.7 Å². The molecule has 5 heteroatoms.